The van der Waals surface area contributed by atoms with Gasteiger partial charge >= 0.3 is 0 Å². The minimum absolute atomic E-state index is 0.0250. The number of pyridine rings is 1. The van der Waals surface area contributed by atoms with Crippen molar-refractivity contribution < 1.29 is 23.5 Å². The Morgan fingerprint density at radius 2 is 2.00 bits per heavy atom. The summed E-state index contributed by atoms with van der Waals surface area (Å²) in [4.78, 5) is 34.2. The summed E-state index contributed by atoms with van der Waals surface area (Å²) in [5.41, 5.74) is 2.68. The number of hydrogen-bond donors (Lipinski definition) is 1. The smallest absolute Gasteiger partial charge is 0.224 e. The average molecular weight is 534 g/mol. The summed E-state index contributed by atoms with van der Waals surface area (Å²) < 4.78 is 17.5. The monoisotopic (exact) mass is 533 g/mol. The maximum atomic E-state index is 13.3. The molecule has 5 rings (SSSR count). The molecule has 1 aliphatic heterocycles. The van der Waals surface area contributed by atoms with Gasteiger partial charge in [-0.25, -0.2) is 4.98 Å². The highest BCUT2D eigenvalue weighted by atomic mass is 16.5. The van der Waals surface area contributed by atoms with Crippen molar-refractivity contribution in [2.75, 3.05) is 20.3 Å². The van der Waals surface area contributed by atoms with E-state index in [1.54, 1.807) is 13.3 Å². The Bertz CT molecular complexity index is 1330. The third kappa shape index (κ3) is 6.16. The van der Waals surface area contributed by atoms with Gasteiger partial charge in [-0.3, -0.25) is 14.6 Å². The van der Waals surface area contributed by atoms with Gasteiger partial charge in [0, 0.05) is 49.1 Å². The molecule has 2 aromatic heterocycles. The van der Waals surface area contributed by atoms with Gasteiger partial charge < -0.3 is 19.2 Å². The summed E-state index contributed by atoms with van der Waals surface area (Å²) in [6.45, 7) is 5.33. The summed E-state index contributed by atoms with van der Waals surface area (Å²) in [6, 6.07) is 7.60. The number of ether oxygens (including phenoxy) is 2. The normalized spacial score (nSPS) is 18.7. The lowest BCUT2D eigenvalue weighted by Crippen LogP contribution is -2.33. The summed E-state index contributed by atoms with van der Waals surface area (Å²) >= 11 is 0. The minimum Gasteiger partial charge on any atom is -0.496 e. The largest absolute Gasteiger partial charge is 0.496 e. The molecule has 3 heterocycles. The van der Waals surface area contributed by atoms with Gasteiger partial charge in [0.2, 0.25) is 11.8 Å². The molecule has 0 bridgehead atoms. The van der Waals surface area contributed by atoms with Gasteiger partial charge in [-0.05, 0) is 56.6 Å². The number of oxazole rings is 1. The molecule has 8 nitrogen and oxygen atoms in total. The van der Waals surface area contributed by atoms with Crippen LogP contribution in [0.25, 0.3) is 22.2 Å². The van der Waals surface area contributed by atoms with Crippen LogP contribution < -0.4 is 10.1 Å². The zero-order chi connectivity index (χ0) is 27.4. The summed E-state index contributed by atoms with van der Waals surface area (Å²) in [7, 11) is 1.63. The Labute approximate surface area is 229 Å². The van der Waals surface area contributed by atoms with Crippen molar-refractivity contribution in [3.8, 4) is 17.1 Å². The number of methoxy groups -OCH3 is 1. The number of fused-ring (bicyclic) bond motifs is 1. The summed E-state index contributed by atoms with van der Waals surface area (Å²) in [6.07, 6.45) is 9.06. The first-order valence-electron chi connectivity index (χ1n) is 14.2. The Morgan fingerprint density at radius 3 is 2.77 bits per heavy atom. The number of nitrogens with one attached hydrogen (secondary N) is 1. The number of nitrogens with zero attached hydrogens (tertiary/aromatic N) is 2. The van der Waals surface area contributed by atoms with Gasteiger partial charge in [0.1, 0.15) is 17.6 Å². The van der Waals surface area contributed by atoms with E-state index >= 15 is 0 Å². The predicted molar refractivity (Wildman–Crippen MR) is 148 cm³/mol. The van der Waals surface area contributed by atoms with E-state index in [1.807, 2.05) is 38.1 Å². The molecule has 2 fully saturated rings. The molecule has 1 aromatic carbocycles. The molecule has 1 saturated carbocycles. The number of benzene rings is 1. The van der Waals surface area contributed by atoms with Crippen LogP contribution in [0.15, 0.2) is 34.9 Å². The van der Waals surface area contributed by atoms with Gasteiger partial charge in [0.05, 0.1) is 24.4 Å². The first kappa shape index (κ1) is 27.3. The van der Waals surface area contributed by atoms with Crippen LogP contribution in [0.1, 0.15) is 82.3 Å². The molecular weight excluding hydrogens is 494 g/mol. The van der Waals surface area contributed by atoms with Crippen LogP contribution in [0.3, 0.4) is 0 Å². The summed E-state index contributed by atoms with van der Waals surface area (Å²) in [5.74, 6) is 2.13. The lowest BCUT2D eigenvalue weighted by Gasteiger charge is -2.23. The highest BCUT2D eigenvalue weighted by molar-refractivity contribution is 5.87. The van der Waals surface area contributed by atoms with Crippen LogP contribution in [0, 0.1) is 18.3 Å². The SMILES string of the molecule is CCC(=O)CCCCC[C@H](NC(=O)[C@@H]1CC12CCOCC2)c1ncc(-c2cc3ccc(C)nc3cc2OC)o1. The number of ketones is 1. The minimum atomic E-state index is -0.332. The van der Waals surface area contributed by atoms with Crippen LogP contribution >= 0.6 is 0 Å². The van der Waals surface area contributed by atoms with Gasteiger partial charge in [0.15, 0.2) is 5.76 Å². The van der Waals surface area contributed by atoms with Crippen molar-refractivity contribution in [2.24, 2.45) is 11.3 Å². The van der Waals surface area contributed by atoms with Crippen LogP contribution in [0.2, 0.25) is 0 Å². The predicted octanol–water partition coefficient (Wildman–Crippen LogP) is 6.11. The van der Waals surface area contributed by atoms with Crippen molar-refractivity contribution in [2.45, 2.75) is 77.7 Å². The zero-order valence-corrected chi connectivity index (χ0v) is 23.3. The second-order valence-electron chi connectivity index (χ2n) is 11.0. The number of carbonyl (C=O) groups is 2. The molecule has 3 aromatic rings. The number of unbranched alkanes of at least 4 members (excludes halogenated alkanes) is 2. The van der Waals surface area contributed by atoms with E-state index in [2.05, 4.69) is 15.3 Å². The highest BCUT2D eigenvalue weighted by Crippen LogP contribution is 2.59. The van der Waals surface area contributed by atoms with Crippen LogP contribution in [0.5, 0.6) is 5.75 Å². The third-order valence-electron chi connectivity index (χ3n) is 8.39. The van der Waals surface area contributed by atoms with Gasteiger partial charge in [-0.1, -0.05) is 25.8 Å². The van der Waals surface area contributed by atoms with Gasteiger partial charge in [-0.15, -0.1) is 0 Å². The lowest BCUT2D eigenvalue weighted by molar-refractivity contribution is -0.124. The molecule has 208 valence electrons. The van der Waals surface area contributed by atoms with E-state index in [0.29, 0.717) is 42.4 Å². The number of rotatable bonds is 12. The van der Waals surface area contributed by atoms with Gasteiger partial charge in [-0.2, -0.15) is 0 Å². The number of aromatic nitrogens is 2. The van der Waals surface area contributed by atoms with Crippen molar-refractivity contribution in [1.82, 2.24) is 15.3 Å². The Morgan fingerprint density at radius 1 is 1.18 bits per heavy atom. The Balaban J connectivity index is 1.34. The van der Waals surface area contributed by atoms with E-state index in [9.17, 15) is 9.59 Å². The molecule has 1 saturated heterocycles. The van der Waals surface area contributed by atoms with Crippen LogP contribution in [0.4, 0.5) is 0 Å². The first-order valence-corrected chi connectivity index (χ1v) is 14.2. The van der Waals surface area contributed by atoms with Crippen molar-refractivity contribution in [1.29, 1.82) is 0 Å². The number of carbonyl (C=O) groups excluding carboxylic acids is 2. The quantitative estimate of drug-likeness (QED) is 0.280. The van der Waals surface area contributed by atoms with E-state index in [4.69, 9.17) is 13.9 Å². The van der Waals surface area contributed by atoms with E-state index < -0.39 is 0 Å². The van der Waals surface area contributed by atoms with Gasteiger partial charge in [0.25, 0.3) is 0 Å². The van der Waals surface area contributed by atoms with E-state index in [-0.39, 0.29) is 23.3 Å². The van der Waals surface area contributed by atoms with E-state index in [1.165, 1.54) is 0 Å². The van der Waals surface area contributed by atoms with Crippen LogP contribution in [-0.4, -0.2) is 42.0 Å². The Hall–Kier alpha value is -3.26. The molecule has 1 aliphatic carbocycles. The molecule has 2 aliphatic rings. The number of hydrogen-bond acceptors (Lipinski definition) is 7. The lowest BCUT2D eigenvalue weighted by atomic mass is 9.93. The molecule has 1 amide bonds. The number of aryl methyl sites for hydroxylation is 1. The highest BCUT2D eigenvalue weighted by Gasteiger charge is 2.58. The maximum absolute atomic E-state index is 13.3. The first-order chi connectivity index (χ1) is 18.9. The van der Waals surface area contributed by atoms with E-state index in [0.717, 1.165) is 73.9 Å². The summed E-state index contributed by atoms with van der Waals surface area (Å²) in [5, 5.41) is 4.25. The fourth-order valence-electron chi connectivity index (χ4n) is 5.79. The molecule has 8 heteroatoms. The number of Topliss-reactive ketones (excluding diaryl/α,β-unsaturated/α-hetero) is 1. The van der Waals surface area contributed by atoms with Crippen molar-refractivity contribution in [3.05, 3.63) is 42.0 Å². The second-order valence-corrected chi connectivity index (χ2v) is 11.0. The molecule has 1 N–H and O–H groups in total. The number of amides is 1. The fraction of sp³-hybridized carbons (Fsp3) is 0.548. The topological polar surface area (TPSA) is 104 Å². The molecular formula is C31H39N3O5. The van der Waals surface area contributed by atoms with Crippen molar-refractivity contribution in [3.63, 3.8) is 0 Å². The molecule has 0 radical (unpaired) electrons. The third-order valence-corrected chi connectivity index (χ3v) is 8.39. The fourth-order valence-corrected chi connectivity index (χ4v) is 5.79. The molecule has 39 heavy (non-hydrogen) atoms. The maximum Gasteiger partial charge on any atom is 0.224 e. The van der Waals surface area contributed by atoms with Crippen molar-refractivity contribution >= 4 is 22.6 Å². The van der Waals surface area contributed by atoms with Crippen LogP contribution in [-0.2, 0) is 14.3 Å². The standard InChI is InChI=1S/C31H39N3O5/c1-4-22(35)8-6-5-7-9-25(34-29(36)24-18-31(24)12-14-38-15-13-31)30-32-19-28(39-30)23-16-21-11-10-20(2)33-26(21)17-27(23)37-3/h10-11,16-17,19,24-25H,4-9,12-15,18H2,1-3H3,(H,34,36)/t24-,25-/m0/s1. The average Bonchev–Trinajstić information content (AvgIpc) is 3.40. The molecule has 0 unspecified atom stereocenters. The molecule has 1 spiro atoms. The Kier molecular flexibility index (Phi) is 8.31. The molecule has 2 atom stereocenters. The second kappa shape index (κ2) is 11.9. The zero-order valence-electron chi connectivity index (χ0n) is 23.3.